The van der Waals surface area contributed by atoms with E-state index in [-0.39, 0.29) is 0 Å². The monoisotopic (exact) mass is 195 g/mol. The average Bonchev–Trinajstić information content (AvgIpc) is 2.99. The second-order valence-electron chi connectivity index (χ2n) is 5.28. The third-order valence-corrected chi connectivity index (χ3v) is 4.19. The molecular weight excluding hydrogens is 174 g/mol. The molecule has 0 aromatic carbocycles. The first-order valence-corrected chi connectivity index (χ1v) is 6.27. The third-order valence-electron chi connectivity index (χ3n) is 4.19. The molecule has 3 rings (SSSR count). The molecule has 1 N–H and O–H groups in total. The highest BCUT2D eigenvalue weighted by Crippen LogP contribution is 2.49. The van der Waals surface area contributed by atoms with Gasteiger partial charge in [-0.05, 0) is 37.5 Å². The number of nitrogens with one attached hydrogen (secondary N) is 1. The lowest BCUT2D eigenvalue weighted by atomic mass is 9.94. The normalized spacial score (nSPS) is 47.1. The Morgan fingerprint density at radius 1 is 1.07 bits per heavy atom. The Morgan fingerprint density at radius 2 is 2.07 bits per heavy atom. The van der Waals surface area contributed by atoms with Crippen LogP contribution in [0.4, 0.5) is 0 Å². The van der Waals surface area contributed by atoms with Gasteiger partial charge in [0.2, 0.25) is 0 Å². The van der Waals surface area contributed by atoms with E-state index in [1.54, 1.807) is 0 Å². The van der Waals surface area contributed by atoms with Gasteiger partial charge < -0.3 is 10.1 Å². The first-order valence-electron chi connectivity index (χ1n) is 6.27. The van der Waals surface area contributed by atoms with Gasteiger partial charge in [0.1, 0.15) is 0 Å². The first kappa shape index (κ1) is 9.17. The van der Waals surface area contributed by atoms with Gasteiger partial charge in [0.25, 0.3) is 0 Å². The number of hydrogen-bond donors (Lipinski definition) is 1. The predicted octanol–water partition coefficient (Wildman–Crippen LogP) is 1.94. The largest absolute Gasteiger partial charge is 0.380 e. The van der Waals surface area contributed by atoms with E-state index in [1.165, 1.54) is 38.5 Å². The molecule has 3 aliphatic rings. The molecular formula is C12H21NO. The highest BCUT2D eigenvalue weighted by Gasteiger charge is 2.45. The fourth-order valence-electron chi connectivity index (χ4n) is 3.29. The van der Waals surface area contributed by atoms with Crippen LogP contribution in [-0.4, -0.2) is 25.3 Å². The van der Waals surface area contributed by atoms with Crippen molar-refractivity contribution >= 4 is 0 Å². The van der Waals surface area contributed by atoms with Gasteiger partial charge in [0.15, 0.2) is 0 Å². The lowest BCUT2D eigenvalue weighted by molar-refractivity contribution is 0.0633. The fraction of sp³-hybridized carbons (Fsp3) is 1.00. The van der Waals surface area contributed by atoms with Crippen LogP contribution in [-0.2, 0) is 4.74 Å². The lowest BCUT2D eigenvalue weighted by Gasteiger charge is -2.30. The van der Waals surface area contributed by atoms with Gasteiger partial charge >= 0.3 is 0 Å². The molecule has 2 nitrogen and oxygen atoms in total. The van der Waals surface area contributed by atoms with Gasteiger partial charge in [-0.1, -0.05) is 12.8 Å². The Kier molecular flexibility index (Phi) is 2.50. The summed E-state index contributed by atoms with van der Waals surface area (Å²) in [5, 5.41) is 3.82. The molecule has 80 valence electrons. The third kappa shape index (κ3) is 1.82. The van der Waals surface area contributed by atoms with Crippen LogP contribution in [0.1, 0.15) is 38.5 Å². The maximum atomic E-state index is 5.51. The van der Waals surface area contributed by atoms with Gasteiger partial charge in [0.05, 0.1) is 6.61 Å². The standard InChI is InChI=1S/C12H21NO/c1-3-9-7-11(9)12(5-1)13-10-4-2-6-14-8-10/h9-13H,1-8H2/t9-,10?,11+,12?/m0/s1. The predicted molar refractivity (Wildman–Crippen MR) is 56.2 cm³/mol. The molecule has 0 spiro atoms. The molecule has 1 saturated heterocycles. The average molecular weight is 195 g/mol. The molecule has 2 saturated carbocycles. The highest BCUT2D eigenvalue weighted by molar-refractivity contribution is 4.99. The summed E-state index contributed by atoms with van der Waals surface area (Å²) in [5.74, 6) is 2.12. The first-order chi connectivity index (χ1) is 6.93. The Morgan fingerprint density at radius 3 is 2.93 bits per heavy atom. The summed E-state index contributed by atoms with van der Waals surface area (Å²) in [5.41, 5.74) is 0. The van der Waals surface area contributed by atoms with Gasteiger partial charge in [-0.3, -0.25) is 0 Å². The Hall–Kier alpha value is -0.0800. The maximum Gasteiger partial charge on any atom is 0.0619 e. The number of ether oxygens (including phenoxy) is 1. The van der Waals surface area contributed by atoms with Gasteiger partial charge in [-0.15, -0.1) is 0 Å². The van der Waals surface area contributed by atoms with Crippen LogP contribution in [0.2, 0.25) is 0 Å². The van der Waals surface area contributed by atoms with E-state index in [0.29, 0.717) is 6.04 Å². The quantitative estimate of drug-likeness (QED) is 0.727. The molecule has 0 amide bonds. The summed E-state index contributed by atoms with van der Waals surface area (Å²) in [6.45, 7) is 1.93. The van der Waals surface area contributed by atoms with Gasteiger partial charge in [-0.2, -0.15) is 0 Å². The molecule has 2 unspecified atom stereocenters. The molecule has 2 aliphatic carbocycles. The van der Waals surface area contributed by atoms with E-state index in [9.17, 15) is 0 Å². The zero-order chi connectivity index (χ0) is 9.38. The molecule has 0 bridgehead atoms. The fourth-order valence-corrected chi connectivity index (χ4v) is 3.29. The van der Waals surface area contributed by atoms with Crippen LogP contribution in [0.25, 0.3) is 0 Å². The van der Waals surface area contributed by atoms with Crippen molar-refractivity contribution in [2.75, 3.05) is 13.2 Å². The molecule has 0 aromatic heterocycles. The van der Waals surface area contributed by atoms with E-state index >= 15 is 0 Å². The van der Waals surface area contributed by atoms with E-state index < -0.39 is 0 Å². The Bertz CT molecular complexity index is 200. The SMILES string of the molecule is C1COCC(NC2CCC[C@H]3C[C@@H]23)C1. The second-order valence-corrected chi connectivity index (χ2v) is 5.28. The van der Waals surface area contributed by atoms with Crippen LogP contribution >= 0.6 is 0 Å². The minimum atomic E-state index is 0.660. The van der Waals surface area contributed by atoms with Crippen molar-refractivity contribution in [3.8, 4) is 0 Å². The molecule has 0 aromatic rings. The number of rotatable bonds is 2. The minimum Gasteiger partial charge on any atom is -0.380 e. The molecule has 2 heteroatoms. The molecule has 3 fully saturated rings. The zero-order valence-corrected chi connectivity index (χ0v) is 8.87. The van der Waals surface area contributed by atoms with Crippen molar-refractivity contribution < 1.29 is 4.74 Å². The van der Waals surface area contributed by atoms with E-state index in [2.05, 4.69) is 5.32 Å². The summed E-state index contributed by atoms with van der Waals surface area (Å²) >= 11 is 0. The minimum absolute atomic E-state index is 0.660. The van der Waals surface area contributed by atoms with Crippen LogP contribution in [0, 0.1) is 11.8 Å². The number of hydrogen-bond acceptors (Lipinski definition) is 2. The molecule has 1 heterocycles. The van der Waals surface area contributed by atoms with Crippen LogP contribution in [0.3, 0.4) is 0 Å². The van der Waals surface area contributed by atoms with Gasteiger partial charge in [0, 0.05) is 18.7 Å². The van der Waals surface area contributed by atoms with E-state index in [4.69, 9.17) is 4.74 Å². The smallest absolute Gasteiger partial charge is 0.0619 e. The summed E-state index contributed by atoms with van der Waals surface area (Å²) < 4.78 is 5.51. The summed E-state index contributed by atoms with van der Waals surface area (Å²) in [6, 6.07) is 1.49. The van der Waals surface area contributed by atoms with Crippen LogP contribution in [0.5, 0.6) is 0 Å². The Balaban J connectivity index is 1.50. The molecule has 14 heavy (non-hydrogen) atoms. The van der Waals surface area contributed by atoms with E-state index in [1.807, 2.05) is 0 Å². The Labute approximate surface area is 86.4 Å². The maximum absolute atomic E-state index is 5.51. The second kappa shape index (κ2) is 3.82. The van der Waals surface area contributed by atoms with Crippen molar-refractivity contribution in [3.05, 3.63) is 0 Å². The van der Waals surface area contributed by atoms with Crippen molar-refractivity contribution in [2.24, 2.45) is 11.8 Å². The van der Waals surface area contributed by atoms with Crippen molar-refractivity contribution in [3.63, 3.8) is 0 Å². The summed E-state index contributed by atoms with van der Waals surface area (Å²) in [7, 11) is 0. The van der Waals surface area contributed by atoms with Crippen LogP contribution < -0.4 is 5.32 Å². The molecule has 0 radical (unpaired) electrons. The van der Waals surface area contributed by atoms with Crippen molar-refractivity contribution in [2.45, 2.75) is 50.6 Å². The molecule has 1 aliphatic heterocycles. The summed E-state index contributed by atoms with van der Waals surface area (Å²) in [4.78, 5) is 0. The van der Waals surface area contributed by atoms with E-state index in [0.717, 1.165) is 31.1 Å². The summed E-state index contributed by atoms with van der Waals surface area (Å²) in [6.07, 6.45) is 8.45. The zero-order valence-electron chi connectivity index (χ0n) is 8.87. The van der Waals surface area contributed by atoms with Crippen molar-refractivity contribution in [1.82, 2.24) is 5.32 Å². The van der Waals surface area contributed by atoms with Gasteiger partial charge in [-0.25, -0.2) is 0 Å². The number of fused-ring (bicyclic) bond motifs is 1. The van der Waals surface area contributed by atoms with Crippen LogP contribution in [0.15, 0.2) is 0 Å². The lowest BCUT2D eigenvalue weighted by Crippen LogP contribution is -2.45. The topological polar surface area (TPSA) is 21.3 Å². The van der Waals surface area contributed by atoms with Crippen molar-refractivity contribution in [1.29, 1.82) is 0 Å². The molecule has 4 atom stereocenters. The highest BCUT2D eigenvalue weighted by atomic mass is 16.5.